The van der Waals surface area contributed by atoms with Crippen molar-refractivity contribution in [3.05, 3.63) is 35.1 Å². The second kappa shape index (κ2) is 4.70. The van der Waals surface area contributed by atoms with E-state index in [1.54, 1.807) is 0 Å². The lowest BCUT2D eigenvalue weighted by Gasteiger charge is -2.15. The number of hydrogen-bond acceptors (Lipinski definition) is 2. The number of primary amides is 1. The lowest BCUT2D eigenvalue weighted by atomic mass is 10.0. The number of nitrogens with two attached hydrogens (primary N) is 1. The van der Waals surface area contributed by atoms with E-state index in [1.807, 2.05) is 0 Å². The Morgan fingerprint density at radius 1 is 1.35 bits per heavy atom. The number of alkyl halides is 3. The van der Waals surface area contributed by atoms with Gasteiger partial charge in [-0.15, -0.1) is 0 Å². The van der Waals surface area contributed by atoms with Crippen LogP contribution in [0.3, 0.4) is 0 Å². The molecular weight excluding hydrogens is 240 g/mol. The smallest absolute Gasteiger partial charge is 0.368 e. The first-order chi connectivity index (χ1) is 7.75. The van der Waals surface area contributed by atoms with Gasteiger partial charge in [-0.1, -0.05) is 0 Å². The lowest BCUT2D eigenvalue weighted by Crippen LogP contribution is -2.31. The summed E-state index contributed by atoms with van der Waals surface area (Å²) < 4.78 is 50.3. The molecule has 0 aromatic heterocycles. The molecule has 0 bridgehead atoms. The van der Waals surface area contributed by atoms with Gasteiger partial charge in [0.25, 0.3) is 0 Å². The predicted octanol–water partition coefficient (Wildman–Crippen LogP) is 1.59. The average Bonchev–Trinajstić information content (AvgIpc) is 2.15. The van der Waals surface area contributed by atoms with Gasteiger partial charge in [0.2, 0.25) is 5.91 Å². The Morgan fingerprint density at radius 3 is 2.35 bits per heavy atom. The summed E-state index contributed by atoms with van der Waals surface area (Å²) >= 11 is 0. The molecule has 1 aromatic rings. The Bertz CT molecular complexity index is 431. The van der Waals surface area contributed by atoms with Crippen LogP contribution in [-0.4, -0.2) is 13.0 Å². The summed E-state index contributed by atoms with van der Waals surface area (Å²) in [6.45, 7) is 0. The van der Waals surface area contributed by atoms with E-state index >= 15 is 0 Å². The van der Waals surface area contributed by atoms with E-state index in [0.29, 0.717) is 12.1 Å². The van der Waals surface area contributed by atoms with Crippen molar-refractivity contribution in [1.29, 1.82) is 0 Å². The Hall–Kier alpha value is -1.63. The highest BCUT2D eigenvalue weighted by atomic mass is 19.4. The minimum Gasteiger partial charge on any atom is -0.368 e. The molecule has 0 saturated carbocycles. The summed E-state index contributed by atoms with van der Waals surface area (Å²) in [5.41, 5.74) is 3.67. The van der Waals surface area contributed by atoms with E-state index in [9.17, 15) is 22.4 Å². The van der Waals surface area contributed by atoms with Gasteiger partial charge in [0.1, 0.15) is 11.9 Å². The van der Waals surface area contributed by atoms with Crippen molar-refractivity contribution in [2.24, 2.45) is 5.73 Å². The van der Waals surface area contributed by atoms with Crippen LogP contribution in [0, 0.1) is 5.82 Å². The molecule has 1 amide bonds. The van der Waals surface area contributed by atoms with Gasteiger partial charge >= 0.3 is 6.18 Å². The molecule has 0 aliphatic heterocycles. The highest BCUT2D eigenvalue weighted by Crippen LogP contribution is 2.31. The zero-order valence-electron chi connectivity index (χ0n) is 8.81. The molecule has 17 heavy (non-hydrogen) atoms. The zero-order valence-corrected chi connectivity index (χ0v) is 8.81. The highest BCUT2D eigenvalue weighted by Gasteiger charge is 2.32. The van der Waals surface area contributed by atoms with Crippen molar-refractivity contribution in [3.8, 4) is 0 Å². The van der Waals surface area contributed by atoms with Crippen LogP contribution in [0.5, 0.6) is 0 Å². The highest BCUT2D eigenvalue weighted by molar-refractivity contribution is 5.81. The van der Waals surface area contributed by atoms with Gasteiger partial charge < -0.3 is 11.1 Å². The van der Waals surface area contributed by atoms with Crippen LogP contribution in [0.4, 0.5) is 17.6 Å². The van der Waals surface area contributed by atoms with Gasteiger partial charge in [0.15, 0.2) is 0 Å². The van der Waals surface area contributed by atoms with E-state index < -0.39 is 29.5 Å². The molecule has 1 rings (SSSR count). The maximum Gasteiger partial charge on any atom is 0.416 e. The summed E-state index contributed by atoms with van der Waals surface area (Å²) in [5, 5.41) is 2.42. The summed E-state index contributed by atoms with van der Waals surface area (Å²) in [5.74, 6) is -1.96. The summed E-state index contributed by atoms with van der Waals surface area (Å²) in [4.78, 5) is 11.0. The van der Waals surface area contributed by atoms with Gasteiger partial charge in [-0.3, -0.25) is 4.79 Å². The largest absolute Gasteiger partial charge is 0.416 e. The fourth-order valence-electron chi connectivity index (χ4n) is 1.42. The number of nitrogens with one attached hydrogen (secondary N) is 1. The molecule has 0 aliphatic rings. The number of carbonyl (C=O) groups excluding carboxylic acids is 1. The van der Waals surface area contributed by atoms with Crippen molar-refractivity contribution in [2.75, 3.05) is 7.05 Å². The Labute approximate surface area is 94.6 Å². The molecule has 1 atom stereocenters. The van der Waals surface area contributed by atoms with Crippen molar-refractivity contribution < 1.29 is 22.4 Å². The molecular formula is C10H10F4N2O. The predicted molar refractivity (Wildman–Crippen MR) is 52.4 cm³/mol. The molecule has 0 aliphatic carbocycles. The number of halogens is 4. The van der Waals surface area contributed by atoms with Crippen LogP contribution in [0.2, 0.25) is 0 Å². The molecule has 0 spiro atoms. The van der Waals surface area contributed by atoms with Crippen LogP contribution in [0.1, 0.15) is 17.2 Å². The Morgan fingerprint density at radius 2 is 1.94 bits per heavy atom. The average molecular weight is 250 g/mol. The van der Waals surface area contributed by atoms with Gasteiger partial charge in [-0.05, 0) is 30.8 Å². The van der Waals surface area contributed by atoms with E-state index in [0.717, 1.165) is 6.07 Å². The Kier molecular flexibility index (Phi) is 3.72. The molecule has 0 saturated heterocycles. The number of carbonyl (C=O) groups is 1. The van der Waals surface area contributed by atoms with Crippen molar-refractivity contribution >= 4 is 5.91 Å². The van der Waals surface area contributed by atoms with Crippen LogP contribution < -0.4 is 11.1 Å². The second-order valence-corrected chi connectivity index (χ2v) is 3.40. The van der Waals surface area contributed by atoms with Gasteiger partial charge in [-0.2, -0.15) is 13.2 Å². The van der Waals surface area contributed by atoms with E-state index in [2.05, 4.69) is 5.32 Å². The summed E-state index contributed by atoms with van der Waals surface area (Å²) in [7, 11) is 1.34. The van der Waals surface area contributed by atoms with Crippen LogP contribution in [-0.2, 0) is 11.0 Å². The van der Waals surface area contributed by atoms with Gasteiger partial charge in [0, 0.05) is 0 Å². The fourth-order valence-corrected chi connectivity index (χ4v) is 1.42. The monoisotopic (exact) mass is 250 g/mol. The molecule has 0 heterocycles. The molecule has 0 fully saturated rings. The number of rotatable bonds is 3. The standard InChI is InChI=1S/C10H10F4N2O/c1-16-8(9(15)17)5-2-6(10(12,13)14)4-7(11)3-5/h2-4,8,16H,1H3,(H2,15,17). The molecule has 3 nitrogen and oxygen atoms in total. The molecule has 3 N–H and O–H groups in total. The topological polar surface area (TPSA) is 55.1 Å². The summed E-state index contributed by atoms with van der Waals surface area (Å²) in [6, 6.07) is 0.722. The van der Waals surface area contributed by atoms with Gasteiger partial charge in [-0.25, -0.2) is 4.39 Å². The molecule has 0 radical (unpaired) electrons. The Balaban J connectivity index is 3.26. The minimum atomic E-state index is -4.67. The van der Waals surface area contributed by atoms with Crippen LogP contribution in [0.15, 0.2) is 18.2 Å². The normalized spacial score (nSPS) is 13.5. The quantitative estimate of drug-likeness (QED) is 0.800. The van der Waals surface area contributed by atoms with E-state index in [-0.39, 0.29) is 5.56 Å². The lowest BCUT2D eigenvalue weighted by molar-refractivity contribution is -0.138. The third-order valence-corrected chi connectivity index (χ3v) is 2.15. The van der Waals surface area contributed by atoms with Crippen molar-refractivity contribution in [2.45, 2.75) is 12.2 Å². The number of amides is 1. The third kappa shape index (κ3) is 3.16. The maximum absolute atomic E-state index is 13.0. The summed E-state index contributed by atoms with van der Waals surface area (Å²) in [6.07, 6.45) is -4.67. The van der Waals surface area contributed by atoms with Crippen molar-refractivity contribution in [1.82, 2.24) is 5.32 Å². The van der Waals surface area contributed by atoms with Crippen molar-refractivity contribution in [3.63, 3.8) is 0 Å². The number of benzene rings is 1. The first kappa shape index (κ1) is 13.4. The first-order valence-electron chi connectivity index (χ1n) is 4.60. The van der Waals surface area contributed by atoms with E-state index in [1.165, 1.54) is 7.05 Å². The SMILES string of the molecule is CNC(C(N)=O)c1cc(F)cc(C(F)(F)F)c1. The third-order valence-electron chi connectivity index (χ3n) is 2.15. The fraction of sp³-hybridized carbons (Fsp3) is 0.300. The minimum absolute atomic E-state index is 0.160. The van der Waals surface area contributed by atoms with Crippen LogP contribution in [0.25, 0.3) is 0 Å². The zero-order chi connectivity index (χ0) is 13.2. The van der Waals surface area contributed by atoms with Gasteiger partial charge in [0.05, 0.1) is 5.56 Å². The second-order valence-electron chi connectivity index (χ2n) is 3.40. The first-order valence-corrected chi connectivity index (χ1v) is 4.60. The molecule has 94 valence electrons. The maximum atomic E-state index is 13.0. The molecule has 7 heteroatoms. The number of likely N-dealkylation sites (N-methyl/N-ethyl adjacent to an activating group) is 1. The molecule has 1 unspecified atom stereocenters. The molecule has 1 aromatic carbocycles. The van der Waals surface area contributed by atoms with Crippen LogP contribution >= 0.6 is 0 Å². The number of hydrogen-bond donors (Lipinski definition) is 2. The van der Waals surface area contributed by atoms with E-state index in [4.69, 9.17) is 5.73 Å².